The second kappa shape index (κ2) is 6.43. The highest BCUT2D eigenvalue weighted by atomic mass is 35.5. The number of benzene rings is 1. The number of anilines is 1. The lowest BCUT2D eigenvalue weighted by molar-refractivity contribution is -0.137. The summed E-state index contributed by atoms with van der Waals surface area (Å²) >= 11 is 11.6. The van der Waals surface area contributed by atoms with Gasteiger partial charge in [0, 0.05) is 6.42 Å². The molecule has 0 saturated carbocycles. The van der Waals surface area contributed by atoms with Gasteiger partial charge in [0.15, 0.2) is 0 Å². The Morgan fingerprint density at radius 2 is 2.14 bits per heavy atom. The molecule has 2 amide bonds. The van der Waals surface area contributed by atoms with Crippen LogP contribution in [0.25, 0.3) is 0 Å². The average Bonchev–Trinajstić information content (AvgIpc) is 2.69. The summed E-state index contributed by atoms with van der Waals surface area (Å²) in [6, 6.07) is 2.61. The molecule has 1 aliphatic rings. The van der Waals surface area contributed by atoms with Gasteiger partial charge in [-0.2, -0.15) is 13.2 Å². The van der Waals surface area contributed by atoms with Crippen molar-refractivity contribution in [1.29, 1.82) is 0 Å². The summed E-state index contributed by atoms with van der Waals surface area (Å²) < 4.78 is 38.2. The lowest BCUT2D eigenvalue weighted by Gasteiger charge is -2.12. The summed E-state index contributed by atoms with van der Waals surface area (Å²) in [6.07, 6.45) is -4.76. The molecule has 0 spiro atoms. The van der Waals surface area contributed by atoms with Crippen LogP contribution < -0.4 is 10.6 Å². The average molecular weight is 369 g/mol. The Bertz CT molecular complexity index is 652. The number of carbonyl (C=O) groups excluding carboxylic acids is 2. The van der Waals surface area contributed by atoms with Crippen LogP contribution in [0.1, 0.15) is 12.0 Å². The lowest BCUT2D eigenvalue weighted by Crippen LogP contribution is -2.27. The normalized spacial score (nSPS) is 18.3. The van der Waals surface area contributed by atoms with Crippen LogP contribution in [-0.2, 0) is 15.8 Å². The smallest absolute Gasteiger partial charge is 0.325 e. The highest BCUT2D eigenvalue weighted by Crippen LogP contribution is 2.34. The van der Waals surface area contributed by atoms with Crippen molar-refractivity contribution in [3.05, 3.63) is 28.8 Å². The molecule has 1 heterocycles. The van der Waals surface area contributed by atoms with Gasteiger partial charge in [0.25, 0.3) is 0 Å². The zero-order chi connectivity index (χ0) is 16.5. The fraction of sp³-hybridized carbons (Fsp3) is 0.250. The highest BCUT2D eigenvalue weighted by molar-refractivity contribution is 8.24. The molecule has 1 saturated heterocycles. The number of hydrogen-bond donors (Lipinski definition) is 2. The third-order valence-electron chi connectivity index (χ3n) is 2.71. The molecule has 10 heteroatoms. The fourth-order valence-electron chi connectivity index (χ4n) is 1.69. The molecule has 0 unspecified atom stereocenters. The van der Waals surface area contributed by atoms with Crippen LogP contribution in [0.2, 0.25) is 5.02 Å². The van der Waals surface area contributed by atoms with E-state index in [0.29, 0.717) is 0 Å². The Labute approximate surface area is 137 Å². The summed E-state index contributed by atoms with van der Waals surface area (Å²) in [5.74, 6) is -1.03. The van der Waals surface area contributed by atoms with Gasteiger partial charge in [0.2, 0.25) is 11.8 Å². The Morgan fingerprint density at radius 3 is 2.68 bits per heavy atom. The number of rotatable bonds is 3. The SMILES string of the molecule is O=C(C[C@@H]1SC(=S)NC1=O)Nc1cc(C(F)(F)F)ccc1Cl. The van der Waals surface area contributed by atoms with Crippen LogP contribution in [0.5, 0.6) is 0 Å². The Morgan fingerprint density at radius 1 is 1.45 bits per heavy atom. The van der Waals surface area contributed by atoms with Gasteiger partial charge in [0.1, 0.15) is 4.32 Å². The van der Waals surface area contributed by atoms with Gasteiger partial charge in [-0.1, -0.05) is 35.6 Å². The molecule has 2 N–H and O–H groups in total. The van der Waals surface area contributed by atoms with Crippen molar-refractivity contribution in [3.8, 4) is 0 Å². The summed E-state index contributed by atoms with van der Waals surface area (Å²) in [4.78, 5) is 23.3. The zero-order valence-corrected chi connectivity index (χ0v) is 13.1. The maximum Gasteiger partial charge on any atom is 0.416 e. The van der Waals surface area contributed by atoms with E-state index in [2.05, 4.69) is 10.6 Å². The van der Waals surface area contributed by atoms with Crippen LogP contribution >= 0.6 is 35.6 Å². The van der Waals surface area contributed by atoms with E-state index >= 15 is 0 Å². The molecule has 118 valence electrons. The van der Waals surface area contributed by atoms with Crippen LogP contribution in [0.3, 0.4) is 0 Å². The number of thioether (sulfide) groups is 1. The van der Waals surface area contributed by atoms with E-state index in [1.54, 1.807) is 0 Å². The first-order chi connectivity index (χ1) is 10.2. The second-order valence-electron chi connectivity index (χ2n) is 4.33. The first-order valence-corrected chi connectivity index (χ1v) is 7.51. The van der Waals surface area contributed by atoms with Crippen molar-refractivity contribution >= 4 is 57.4 Å². The number of hydrogen-bond acceptors (Lipinski definition) is 4. The third-order valence-corrected chi connectivity index (χ3v) is 4.41. The van der Waals surface area contributed by atoms with E-state index in [0.717, 1.165) is 30.0 Å². The number of halogens is 4. The molecule has 2 rings (SSSR count). The highest BCUT2D eigenvalue weighted by Gasteiger charge is 2.32. The molecule has 0 aliphatic carbocycles. The van der Waals surface area contributed by atoms with E-state index in [1.165, 1.54) is 0 Å². The van der Waals surface area contributed by atoms with E-state index in [4.69, 9.17) is 23.8 Å². The van der Waals surface area contributed by atoms with Crippen molar-refractivity contribution < 1.29 is 22.8 Å². The Kier molecular flexibility index (Phi) is 4.98. The molecular weight excluding hydrogens is 361 g/mol. The molecule has 22 heavy (non-hydrogen) atoms. The van der Waals surface area contributed by atoms with Gasteiger partial charge < -0.3 is 10.6 Å². The molecule has 4 nitrogen and oxygen atoms in total. The van der Waals surface area contributed by atoms with Crippen LogP contribution in [0.4, 0.5) is 18.9 Å². The molecule has 1 atom stereocenters. The molecular formula is C12H8ClF3N2O2S2. The first-order valence-electron chi connectivity index (χ1n) is 5.85. The standard InChI is InChI=1S/C12H8ClF3N2O2S2/c13-6-2-1-5(12(14,15)16)3-7(6)17-9(19)4-8-10(20)18-11(21)22-8/h1-3,8H,4H2,(H,17,19)(H,18,20,21)/t8-/m0/s1. The van der Waals surface area contributed by atoms with Crippen molar-refractivity contribution in [1.82, 2.24) is 5.32 Å². The second-order valence-corrected chi connectivity index (χ2v) is 6.61. The number of thiocarbonyl (C=S) groups is 1. The van der Waals surface area contributed by atoms with Gasteiger partial charge in [-0.3, -0.25) is 9.59 Å². The van der Waals surface area contributed by atoms with Crippen molar-refractivity contribution in [3.63, 3.8) is 0 Å². The predicted octanol–water partition coefficient (Wildman–Crippen LogP) is 3.20. The Balaban J connectivity index is 2.08. The van der Waals surface area contributed by atoms with Gasteiger partial charge in [0.05, 0.1) is 21.5 Å². The first kappa shape index (κ1) is 17.0. The molecule has 1 aromatic carbocycles. The van der Waals surface area contributed by atoms with Gasteiger partial charge in [-0.05, 0) is 18.2 Å². The molecule has 0 aromatic heterocycles. The van der Waals surface area contributed by atoms with Crippen molar-refractivity contribution in [2.24, 2.45) is 0 Å². The number of amides is 2. The van der Waals surface area contributed by atoms with Gasteiger partial charge in [-0.25, -0.2) is 0 Å². The van der Waals surface area contributed by atoms with E-state index in [1.807, 2.05) is 0 Å². The largest absolute Gasteiger partial charge is 0.416 e. The van der Waals surface area contributed by atoms with E-state index in [-0.39, 0.29) is 21.5 Å². The van der Waals surface area contributed by atoms with Gasteiger partial charge >= 0.3 is 6.18 Å². The van der Waals surface area contributed by atoms with Gasteiger partial charge in [-0.15, -0.1) is 0 Å². The minimum absolute atomic E-state index is 0.0274. The maximum absolute atomic E-state index is 12.6. The molecule has 1 fully saturated rings. The summed E-state index contributed by atoms with van der Waals surface area (Å²) in [5, 5.41) is 3.93. The zero-order valence-electron chi connectivity index (χ0n) is 10.7. The molecule has 1 aromatic rings. The number of alkyl halides is 3. The minimum Gasteiger partial charge on any atom is -0.325 e. The Hall–Kier alpha value is -1.32. The third kappa shape index (κ3) is 4.11. The summed E-state index contributed by atoms with van der Waals surface area (Å²) in [7, 11) is 0. The van der Waals surface area contributed by atoms with E-state index < -0.39 is 28.8 Å². The maximum atomic E-state index is 12.6. The summed E-state index contributed by atoms with van der Waals surface area (Å²) in [5.41, 5.74) is -1.09. The topological polar surface area (TPSA) is 58.2 Å². The minimum atomic E-state index is -4.54. The fourth-order valence-corrected chi connectivity index (χ4v) is 3.13. The molecule has 0 radical (unpaired) electrons. The van der Waals surface area contributed by atoms with Crippen LogP contribution in [-0.4, -0.2) is 21.4 Å². The monoisotopic (exact) mass is 368 g/mol. The molecule has 1 aliphatic heterocycles. The van der Waals surface area contributed by atoms with Crippen molar-refractivity contribution in [2.75, 3.05) is 5.32 Å². The van der Waals surface area contributed by atoms with Crippen molar-refractivity contribution in [2.45, 2.75) is 17.8 Å². The number of carbonyl (C=O) groups is 2. The number of nitrogens with one attached hydrogen (secondary N) is 2. The summed E-state index contributed by atoms with van der Waals surface area (Å²) in [6.45, 7) is 0. The lowest BCUT2D eigenvalue weighted by atomic mass is 10.2. The van der Waals surface area contributed by atoms with E-state index in [9.17, 15) is 22.8 Å². The van der Waals surface area contributed by atoms with Crippen LogP contribution in [0, 0.1) is 0 Å². The molecule has 0 bridgehead atoms. The van der Waals surface area contributed by atoms with Crippen LogP contribution in [0.15, 0.2) is 18.2 Å². The quantitative estimate of drug-likeness (QED) is 0.804. The predicted molar refractivity (Wildman–Crippen MR) is 81.8 cm³/mol.